The number of hydrogen-bond donors (Lipinski definition) is 1. The fraction of sp³-hybridized carbons (Fsp3) is 0.471. The lowest BCUT2D eigenvalue weighted by Gasteiger charge is -2.16. The lowest BCUT2D eigenvalue weighted by atomic mass is 10.0. The van der Waals surface area contributed by atoms with Crippen LogP contribution >= 0.6 is 11.8 Å². The molecule has 0 bridgehead atoms. The third-order valence-electron chi connectivity index (χ3n) is 3.40. The van der Waals surface area contributed by atoms with Crippen LogP contribution in [0.25, 0.3) is 0 Å². The molecule has 0 radical (unpaired) electrons. The van der Waals surface area contributed by atoms with Crippen molar-refractivity contribution in [3.05, 3.63) is 35.9 Å². The van der Waals surface area contributed by atoms with Crippen molar-refractivity contribution in [1.29, 1.82) is 0 Å². The van der Waals surface area contributed by atoms with Gasteiger partial charge in [-0.1, -0.05) is 37.3 Å². The van der Waals surface area contributed by atoms with Crippen LogP contribution in [0.15, 0.2) is 30.3 Å². The van der Waals surface area contributed by atoms with Gasteiger partial charge in [0.1, 0.15) is 5.78 Å². The Morgan fingerprint density at radius 2 is 1.73 bits per heavy atom. The summed E-state index contributed by atoms with van der Waals surface area (Å²) in [6, 6.07) is 9.11. The van der Waals surface area contributed by atoms with E-state index in [1.165, 1.54) is 18.7 Å². The Kier molecular flexibility index (Phi) is 7.88. The van der Waals surface area contributed by atoms with E-state index < -0.39 is 6.04 Å². The molecule has 0 aromatic heterocycles. The number of ketones is 2. The lowest BCUT2D eigenvalue weighted by molar-refractivity contribution is -0.125. The van der Waals surface area contributed by atoms with E-state index in [0.29, 0.717) is 12.2 Å². The third kappa shape index (κ3) is 6.89. The maximum absolute atomic E-state index is 11.9. The molecule has 0 aliphatic carbocycles. The second kappa shape index (κ2) is 9.41. The standard InChI is InChI=1S/C17H23NO3S/c1-12(13(2)19)10-22-11-17(21)18-16(14(3)20)9-15-7-5-4-6-8-15/h4-8,12,16H,9-11H2,1-3H3,(H,18,21)/t12-,16-/m0/s1. The minimum absolute atomic E-state index is 0.0503. The number of nitrogens with one attached hydrogen (secondary N) is 1. The Balaban J connectivity index is 2.44. The monoisotopic (exact) mass is 321 g/mol. The van der Waals surface area contributed by atoms with E-state index in [4.69, 9.17) is 0 Å². The van der Waals surface area contributed by atoms with Gasteiger partial charge in [-0.3, -0.25) is 14.4 Å². The third-order valence-corrected chi connectivity index (χ3v) is 4.61. The Bertz CT molecular complexity index is 516. The van der Waals surface area contributed by atoms with Crippen molar-refractivity contribution in [2.75, 3.05) is 11.5 Å². The van der Waals surface area contributed by atoms with E-state index in [9.17, 15) is 14.4 Å². The molecule has 0 fully saturated rings. The summed E-state index contributed by atoms with van der Waals surface area (Å²) in [5, 5.41) is 2.77. The average molecular weight is 321 g/mol. The van der Waals surface area contributed by atoms with Crippen molar-refractivity contribution in [1.82, 2.24) is 5.32 Å². The van der Waals surface area contributed by atoms with Crippen LogP contribution < -0.4 is 5.32 Å². The summed E-state index contributed by atoms with van der Waals surface area (Å²) in [6.45, 7) is 4.89. The largest absolute Gasteiger partial charge is 0.345 e. The van der Waals surface area contributed by atoms with Crippen molar-refractivity contribution in [3.63, 3.8) is 0 Å². The van der Waals surface area contributed by atoms with Crippen molar-refractivity contribution in [2.45, 2.75) is 33.2 Å². The van der Waals surface area contributed by atoms with Crippen molar-refractivity contribution in [3.8, 4) is 0 Å². The molecule has 2 atom stereocenters. The maximum Gasteiger partial charge on any atom is 0.230 e. The summed E-state index contributed by atoms with van der Waals surface area (Å²) in [5.41, 5.74) is 1.01. The van der Waals surface area contributed by atoms with Gasteiger partial charge in [-0.05, 0) is 25.8 Å². The van der Waals surface area contributed by atoms with Gasteiger partial charge in [-0.15, -0.1) is 0 Å². The van der Waals surface area contributed by atoms with Crippen LogP contribution in [0.3, 0.4) is 0 Å². The number of carbonyl (C=O) groups excluding carboxylic acids is 3. The molecule has 1 aromatic carbocycles. The Morgan fingerprint density at radius 3 is 2.27 bits per heavy atom. The first-order valence-corrected chi connectivity index (χ1v) is 8.47. The summed E-state index contributed by atoms with van der Waals surface area (Å²) >= 11 is 1.41. The van der Waals surface area contributed by atoms with Crippen LogP contribution in [-0.2, 0) is 20.8 Å². The van der Waals surface area contributed by atoms with Crippen molar-refractivity contribution in [2.24, 2.45) is 5.92 Å². The van der Waals surface area contributed by atoms with Crippen molar-refractivity contribution >= 4 is 29.2 Å². The van der Waals surface area contributed by atoms with Crippen LogP contribution in [0.5, 0.6) is 0 Å². The first-order valence-electron chi connectivity index (χ1n) is 7.32. The number of carbonyl (C=O) groups is 3. The van der Waals surface area contributed by atoms with Crippen LogP contribution in [0.2, 0.25) is 0 Å². The van der Waals surface area contributed by atoms with Gasteiger partial charge in [-0.25, -0.2) is 0 Å². The highest BCUT2D eigenvalue weighted by Gasteiger charge is 2.18. The molecule has 0 aliphatic rings. The molecule has 4 nitrogen and oxygen atoms in total. The smallest absolute Gasteiger partial charge is 0.230 e. The zero-order chi connectivity index (χ0) is 16.5. The molecule has 1 amide bonds. The quantitative estimate of drug-likeness (QED) is 0.758. The number of thioether (sulfide) groups is 1. The summed E-state index contributed by atoms with van der Waals surface area (Å²) in [4.78, 5) is 34.8. The second-order valence-electron chi connectivity index (χ2n) is 5.45. The van der Waals surface area contributed by atoms with Crippen LogP contribution in [0.1, 0.15) is 26.3 Å². The SMILES string of the molecule is CC(=O)[C@H](Cc1ccccc1)NC(=O)CSC[C@H](C)C(C)=O. The highest BCUT2D eigenvalue weighted by Crippen LogP contribution is 2.09. The number of hydrogen-bond acceptors (Lipinski definition) is 4. The summed E-state index contributed by atoms with van der Waals surface area (Å²) in [5.74, 6) is 0.725. The van der Waals surface area contributed by atoms with Crippen LogP contribution in [0, 0.1) is 5.92 Å². The predicted molar refractivity (Wildman–Crippen MR) is 89.9 cm³/mol. The molecule has 0 unspecified atom stereocenters. The lowest BCUT2D eigenvalue weighted by Crippen LogP contribution is -2.42. The molecule has 5 heteroatoms. The second-order valence-corrected chi connectivity index (χ2v) is 6.48. The van der Waals surface area contributed by atoms with Crippen LogP contribution in [0.4, 0.5) is 0 Å². The zero-order valence-corrected chi connectivity index (χ0v) is 14.1. The molecular formula is C17H23NO3S. The van der Waals surface area contributed by atoms with E-state index in [1.54, 1.807) is 6.92 Å². The molecule has 1 N–H and O–H groups in total. The van der Waals surface area contributed by atoms with E-state index in [2.05, 4.69) is 5.32 Å². The summed E-state index contributed by atoms with van der Waals surface area (Å²) in [6.07, 6.45) is 0.496. The predicted octanol–water partition coefficient (Wildman–Crippen LogP) is 2.26. The summed E-state index contributed by atoms with van der Waals surface area (Å²) < 4.78 is 0. The normalized spacial score (nSPS) is 13.2. The molecule has 0 saturated heterocycles. The molecule has 0 heterocycles. The fourth-order valence-corrected chi connectivity index (χ4v) is 2.80. The first kappa shape index (κ1) is 18.4. The topological polar surface area (TPSA) is 63.2 Å². The Labute approximate surface area is 136 Å². The van der Waals surface area contributed by atoms with E-state index in [1.807, 2.05) is 37.3 Å². The van der Waals surface area contributed by atoms with E-state index in [0.717, 1.165) is 5.56 Å². The molecule has 0 spiro atoms. The van der Waals surface area contributed by atoms with Gasteiger partial charge in [0.2, 0.25) is 5.91 Å². The van der Waals surface area contributed by atoms with Crippen LogP contribution in [-0.4, -0.2) is 35.0 Å². The van der Waals surface area contributed by atoms with Gasteiger partial charge >= 0.3 is 0 Å². The molecule has 120 valence electrons. The van der Waals surface area contributed by atoms with Gasteiger partial charge in [-0.2, -0.15) is 11.8 Å². The van der Waals surface area contributed by atoms with E-state index >= 15 is 0 Å². The van der Waals surface area contributed by atoms with Crippen molar-refractivity contribution < 1.29 is 14.4 Å². The van der Waals surface area contributed by atoms with Gasteiger partial charge < -0.3 is 5.32 Å². The summed E-state index contributed by atoms with van der Waals surface area (Å²) in [7, 11) is 0. The highest BCUT2D eigenvalue weighted by atomic mass is 32.2. The molecule has 0 saturated carbocycles. The number of amides is 1. The van der Waals surface area contributed by atoms with E-state index in [-0.39, 0.29) is 29.1 Å². The number of rotatable bonds is 9. The maximum atomic E-state index is 11.9. The average Bonchev–Trinajstić information content (AvgIpc) is 2.47. The minimum atomic E-state index is -0.499. The Hall–Kier alpha value is -1.62. The highest BCUT2D eigenvalue weighted by molar-refractivity contribution is 7.99. The minimum Gasteiger partial charge on any atom is -0.345 e. The molecule has 0 aliphatic heterocycles. The van der Waals surface area contributed by atoms with Gasteiger partial charge in [0, 0.05) is 11.7 Å². The fourth-order valence-electron chi connectivity index (χ4n) is 1.83. The zero-order valence-electron chi connectivity index (χ0n) is 13.3. The first-order chi connectivity index (χ1) is 10.4. The Morgan fingerprint density at radius 1 is 1.09 bits per heavy atom. The van der Waals surface area contributed by atoms with Gasteiger partial charge in [0.05, 0.1) is 11.8 Å². The molecule has 22 heavy (non-hydrogen) atoms. The van der Waals surface area contributed by atoms with Gasteiger partial charge in [0.15, 0.2) is 5.78 Å². The number of Topliss-reactive ketones (excluding diaryl/α,β-unsaturated/α-hetero) is 2. The number of benzene rings is 1. The molecular weight excluding hydrogens is 298 g/mol. The van der Waals surface area contributed by atoms with Gasteiger partial charge in [0.25, 0.3) is 0 Å². The molecule has 1 rings (SSSR count). The molecule has 1 aromatic rings.